The van der Waals surface area contributed by atoms with Crippen LogP contribution in [0.15, 0.2) is 47.5 Å². The molecular formula is C23H28N2. The van der Waals surface area contributed by atoms with Crippen molar-refractivity contribution < 1.29 is 0 Å². The molecule has 2 nitrogen and oxygen atoms in total. The van der Waals surface area contributed by atoms with Gasteiger partial charge in [0.1, 0.15) is 5.84 Å². The molecule has 2 aromatic carbocycles. The molecule has 0 aromatic heterocycles. The molecule has 4 rings (SSSR count). The van der Waals surface area contributed by atoms with Crippen molar-refractivity contribution >= 4 is 11.5 Å². The molecule has 130 valence electrons. The molecule has 0 amide bonds. The maximum atomic E-state index is 5.09. The Morgan fingerprint density at radius 2 is 1.68 bits per heavy atom. The van der Waals surface area contributed by atoms with E-state index >= 15 is 0 Å². The summed E-state index contributed by atoms with van der Waals surface area (Å²) in [7, 11) is 0. The number of hydrogen-bond donors (Lipinski definition) is 1. The number of benzene rings is 2. The van der Waals surface area contributed by atoms with Gasteiger partial charge in [-0.2, -0.15) is 0 Å². The third-order valence-electron chi connectivity index (χ3n) is 6.08. The van der Waals surface area contributed by atoms with Crippen molar-refractivity contribution in [3.05, 3.63) is 64.7 Å². The molecule has 1 fully saturated rings. The van der Waals surface area contributed by atoms with Crippen molar-refractivity contribution in [1.29, 1.82) is 0 Å². The molecule has 2 heteroatoms. The molecule has 0 radical (unpaired) electrons. The molecule has 1 spiro atoms. The van der Waals surface area contributed by atoms with Gasteiger partial charge < -0.3 is 5.32 Å². The first kappa shape index (κ1) is 16.4. The van der Waals surface area contributed by atoms with E-state index in [1.165, 1.54) is 65.9 Å². The van der Waals surface area contributed by atoms with Crippen LogP contribution in [0.2, 0.25) is 0 Å². The minimum atomic E-state index is 0.224. The van der Waals surface area contributed by atoms with Gasteiger partial charge >= 0.3 is 0 Å². The zero-order valence-corrected chi connectivity index (χ0v) is 15.4. The molecule has 0 atom stereocenters. The van der Waals surface area contributed by atoms with Crippen molar-refractivity contribution in [3.8, 4) is 0 Å². The van der Waals surface area contributed by atoms with Gasteiger partial charge in [0, 0.05) is 11.1 Å². The molecular weight excluding hydrogens is 304 g/mol. The molecule has 2 aliphatic rings. The largest absolute Gasteiger partial charge is 0.343 e. The fourth-order valence-electron chi connectivity index (χ4n) is 4.45. The van der Waals surface area contributed by atoms with Crippen LogP contribution in [0.3, 0.4) is 0 Å². The van der Waals surface area contributed by atoms with Crippen LogP contribution in [0.5, 0.6) is 0 Å². The summed E-state index contributed by atoms with van der Waals surface area (Å²) in [5.74, 6) is 1.23. The summed E-state index contributed by atoms with van der Waals surface area (Å²) < 4.78 is 0. The maximum Gasteiger partial charge on any atom is 0.108 e. The Morgan fingerprint density at radius 3 is 2.44 bits per heavy atom. The van der Waals surface area contributed by atoms with Crippen LogP contribution in [0.4, 0.5) is 5.69 Å². The van der Waals surface area contributed by atoms with E-state index in [1.807, 2.05) is 0 Å². The maximum absolute atomic E-state index is 5.09. The Kier molecular flexibility index (Phi) is 4.37. The molecule has 1 N–H and O–H groups in total. The van der Waals surface area contributed by atoms with Gasteiger partial charge in [-0.05, 0) is 61.4 Å². The first-order chi connectivity index (χ1) is 12.2. The average molecular weight is 332 g/mol. The van der Waals surface area contributed by atoms with E-state index in [0.29, 0.717) is 0 Å². The number of fused-ring (bicyclic) bond motifs is 1. The van der Waals surface area contributed by atoms with Gasteiger partial charge in [0.15, 0.2) is 0 Å². The minimum Gasteiger partial charge on any atom is -0.343 e. The minimum absolute atomic E-state index is 0.224. The Bertz CT molecular complexity index is 783. The van der Waals surface area contributed by atoms with E-state index in [2.05, 4.69) is 61.6 Å². The predicted octanol–water partition coefficient (Wildman–Crippen LogP) is 5.82. The fraction of sp³-hybridized carbons (Fsp3) is 0.435. The second-order valence-corrected chi connectivity index (χ2v) is 7.89. The second-order valence-electron chi connectivity index (χ2n) is 7.89. The summed E-state index contributed by atoms with van der Waals surface area (Å²) in [6, 6.07) is 15.3. The van der Waals surface area contributed by atoms with Gasteiger partial charge in [0.25, 0.3) is 0 Å². The normalized spacial score (nSPS) is 20.3. The molecule has 0 saturated heterocycles. The third kappa shape index (κ3) is 3.22. The van der Waals surface area contributed by atoms with Crippen LogP contribution in [0.1, 0.15) is 54.4 Å². The monoisotopic (exact) mass is 332 g/mol. The van der Waals surface area contributed by atoms with Crippen LogP contribution in [0, 0.1) is 19.3 Å². The summed E-state index contributed by atoms with van der Waals surface area (Å²) in [6.07, 6.45) is 7.69. The van der Waals surface area contributed by atoms with Gasteiger partial charge in [-0.15, -0.1) is 0 Å². The Labute approximate surface area is 151 Å². The lowest BCUT2D eigenvalue weighted by atomic mass is 9.67. The van der Waals surface area contributed by atoms with E-state index in [1.54, 1.807) is 0 Å². The van der Waals surface area contributed by atoms with Crippen LogP contribution >= 0.6 is 0 Å². The highest BCUT2D eigenvalue weighted by molar-refractivity contribution is 6.02. The van der Waals surface area contributed by atoms with Crippen molar-refractivity contribution in [3.63, 3.8) is 0 Å². The standard InChI is InChI=1S/C23H28N2/c1-17-13-20-15-23(11-7-4-8-12-23)22(25-21(20)14-18(17)2)24-16-19-9-5-3-6-10-19/h3,5-6,9-10,13-14H,4,7-8,11-12,15-16H2,1-2H3,(H,24,25). The first-order valence-corrected chi connectivity index (χ1v) is 9.62. The lowest BCUT2D eigenvalue weighted by molar-refractivity contribution is 0.278. The van der Waals surface area contributed by atoms with Crippen LogP contribution in [0.25, 0.3) is 0 Å². The molecule has 0 unspecified atom stereocenters. The van der Waals surface area contributed by atoms with Gasteiger partial charge in [0.2, 0.25) is 0 Å². The topological polar surface area (TPSA) is 24.4 Å². The van der Waals surface area contributed by atoms with Crippen molar-refractivity contribution in [2.75, 3.05) is 5.32 Å². The zero-order chi connectivity index (χ0) is 17.3. The number of rotatable bonds is 2. The predicted molar refractivity (Wildman–Crippen MR) is 106 cm³/mol. The average Bonchev–Trinajstić information content (AvgIpc) is 2.63. The summed E-state index contributed by atoms with van der Waals surface area (Å²) in [5.41, 5.74) is 7.01. The van der Waals surface area contributed by atoms with Crippen LogP contribution in [-0.2, 0) is 13.0 Å². The van der Waals surface area contributed by atoms with E-state index in [9.17, 15) is 0 Å². The van der Waals surface area contributed by atoms with Gasteiger partial charge in [-0.3, -0.25) is 4.99 Å². The summed E-state index contributed by atoms with van der Waals surface area (Å²) in [5, 5.41) is 3.75. The van der Waals surface area contributed by atoms with Crippen LogP contribution in [-0.4, -0.2) is 5.84 Å². The summed E-state index contributed by atoms with van der Waals surface area (Å²) >= 11 is 0. The van der Waals surface area contributed by atoms with Gasteiger partial charge in [-0.1, -0.05) is 55.7 Å². The summed E-state index contributed by atoms with van der Waals surface area (Å²) in [4.78, 5) is 5.09. The van der Waals surface area contributed by atoms with E-state index < -0.39 is 0 Å². The molecule has 2 aromatic rings. The van der Waals surface area contributed by atoms with E-state index in [4.69, 9.17) is 4.99 Å². The number of aliphatic imine (C=N–C) groups is 1. The highest BCUT2D eigenvalue weighted by Crippen LogP contribution is 2.45. The Hall–Kier alpha value is -2.09. The number of nitrogens with one attached hydrogen (secondary N) is 1. The molecule has 1 saturated carbocycles. The lowest BCUT2D eigenvalue weighted by Gasteiger charge is -2.43. The molecule has 1 heterocycles. The zero-order valence-electron chi connectivity index (χ0n) is 15.4. The number of anilines is 1. The molecule has 0 bridgehead atoms. The molecule has 25 heavy (non-hydrogen) atoms. The van der Waals surface area contributed by atoms with Crippen molar-refractivity contribution in [2.45, 2.75) is 58.9 Å². The van der Waals surface area contributed by atoms with Gasteiger partial charge in [0.05, 0.1) is 6.54 Å². The quantitative estimate of drug-likeness (QED) is 0.736. The number of amidine groups is 1. The molecule has 1 aliphatic carbocycles. The second kappa shape index (κ2) is 6.67. The first-order valence-electron chi connectivity index (χ1n) is 9.62. The number of nitrogens with zero attached hydrogens (tertiary/aromatic N) is 1. The lowest BCUT2D eigenvalue weighted by Crippen LogP contribution is -2.43. The van der Waals surface area contributed by atoms with E-state index in [0.717, 1.165) is 13.0 Å². The Morgan fingerprint density at radius 1 is 0.960 bits per heavy atom. The third-order valence-corrected chi connectivity index (χ3v) is 6.08. The highest BCUT2D eigenvalue weighted by atomic mass is 15.0. The SMILES string of the molecule is Cc1cc2c(cc1C)NC(=NCc1ccccc1)C1(CCCCC1)C2. The van der Waals surface area contributed by atoms with Crippen molar-refractivity contribution in [1.82, 2.24) is 0 Å². The van der Waals surface area contributed by atoms with Gasteiger partial charge in [-0.25, -0.2) is 0 Å². The molecule has 1 aliphatic heterocycles. The highest BCUT2D eigenvalue weighted by Gasteiger charge is 2.41. The van der Waals surface area contributed by atoms with Crippen molar-refractivity contribution in [2.24, 2.45) is 10.4 Å². The Balaban J connectivity index is 1.70. The van der Waals surface area contributed by atoms with E-state index in [-0.39, 0.29) is 5.41 Å². The van der Waals surface area contributed by atoms with Crippen LogP contribution < -0.4 is 5.32 Å². The number of aryl methyl sites for hydroxylation is 2. The smallest absolute Gasteiger partial charge is 0.108 e. The summed E-state index contributed by atoms with van der Waals surface area (Å²) in [6.45, 7) is 5.19. The number of hydrogen-bond acceptors (Lipinski definition) is 1. The fourth-order valence-corrected chi connectivity index (χ4v) is 4.45.